The Morgan fingerprint density at radius 1 is 0.800 bits per heavy atom. The van der Waals surface area contributed by atoms with Gasteiger partial charge in [-0.05, 0) is 50.6 Å². The van der Waals surface area contributed by atoms with E-state index in [1.165, 1.54) is 14.2 Å². The SMILES string of the molecule is COc1cc(OC)c(C(=O)Pc2ccc(Oc3ccccc3)cc2C)c(OC)c1.[H-].[Li+]. The van der Waals surface area contributed by atoms with Gasteiger partial charge in [0.1, 0.15) is 34.3 Å². The third-order valence-corrected chi connectivity index (χ3v) is 5.67. The van der Waals surface area contributed by atoms with E-state index in [4.69, 9.17) is 18.9 Å². The fourth-order valence-corrected chi connectivity index (χ4v) is 3.93. The summed E-state index contributed by atoms with van der Waals surface area (Å²) in [5, 5.41) is 0.940. The standard InChI is InChI=1S/C23H23O5P.Li.H/c1-15-12-17(28-16-8-6-5-7-9-16)10-11-21(15)29-23(24)22-19(26-3)13-18(25-2)14-20(22)27-4;;/h5-14,29H,1-4H3;;/q;+1;-1. The van der Waals surface area contributed by atoms with Gasteiger partial charge >= 0.3 is 18.9 Å². The molecule has 0 fully saturated rings. The zero-order chi connectivity index (χ0) is 20.8. The predicted octanol–water partition coefficient (Wildman–Crippen LogP) is 2.07. The number of ether oxygens (including phenoxy) is 4. The minimum absolute atomic E-state index is 0. The molecule has 3 aromatic carbocycles. The molecule has 0 aromatic heterocycles. The number of para-hydroxylation sites is 1. The second kappa shape index (κ2) is 11.1. The van der Waals surface area contributed by atoms with Crippen molar-refractivity contribution >= 4 is 19.4 Å². The maximum atomic E-state index is 13.1. The van der Waals surface area contributed by atoms with Gasteiger partial charge < -0.3 is 20.4 Å². The van der Waals surface area contributed by atoms with Crippen LogP contribution < -0.4 is 43.1 Å². The topological polar surface area (TPSA) is 54.0 Å². The summed E-state index contributed by atoms with van der Waals surface area (Å²) in [4.78, 5) is 13.1. The van der Waals surface area contributed by atoms with Crippen molar-refractivity contribution in [3.05, 3.63) is 71.8 Å². The molecule has 0 heterocycles. The van der Waals surface area contributed by atoms with Crippen LogP contribution in [0.5, 0.6) is 28.7 Å². The van der Waals surface area contributed by atoms with Crippen molar-refractivity contribution in [1.29, 1.82) is 0 Å². The summed E-state index contributed by atoms with van der Waals surface area (Å²) in [6.45, 7) is 1.97. The average Bonchev–Trinajstić information content (AvgIpc) is 2.75. The summed E-state index contributed by atoms with van der Waals surface area (Å²) in [7, 11) is 4.52. The Balaban J connectivity index is 0.00000240. The van der Waals surface area contributed by atoms with Crippen molar-refractivity contribution in [3.63, 3.8) is 0 Å². The number of aryl methyl sites for hydroxylation is 1. The van der Waals surface area contributed by atoms with Gasteiger partial charge in [0.25, 0.3) is 0 Å². The Kier molecular flexibility index (Phi) is 8.81. The van der Waals surface area contributed by atoms with E-state index in [1.54, 1.807) is 19.2 Å². The first-order valence-electron chi connectivity index (χ1n) is 9.00. The molecule has 0 amide bonds. The fourth-order valence-electron chi connectivity index (χ4n) is 2.88. The second-order valence-corrected chi connectivity index (χ2v) is 7.50. The first kappa shape index (κ1) is 23.8. The third kappa shape index (κ3) is 5.58. The number of hydrogen-bond donors (Lipinski definition) is 0. The van der Waals surface area contributed by atoms with E-state index in [0.29, 0.717) is 22.8 Å². The monoisotopic (exact) mass is 418 g/mol. The molecular formula is C23H24LiO5P. The third-order valence-electron chi connectivity index (χ3n) is 4.37. The van der Waals surface area contributed by atoms with E-state index in [-0.39, 0.29) is 34.4 Å². The van der Waals surface area contributed by atoms with Crippen LogP contribution in [0.1, 0.15) is 17.3 Å². The Hall–Kier alpha value is -2.44. The van der Waals surface area contributed by atoms with Crippen LogP contribution >= 0.6 is 8.58 Å². The molecule has 0 N–H and O–H groups in total. The molecule has 0 bridgehead atoms. The number of hydrogen-bond acceptors (Lipinski definition) is 5. The van der Waals surface area contributed by atoms with Gasteiger partial charge in [0, 0.05) is 12.1 Å². The Morgan fingerprint density at radius 2 is 1.43 bits per heavy atom. The molecule has 0 saturated heterocycles. The first-order chi connectivity index (χ1) is 14.0. The van der Waals surface area contributed by atoms with E-state index in [0.717, 1.165) is 22.4 Å². The van der Waals surface area contributed by atoms with Crippen molar-refractivity contribution in [3.8, 4) is 28.7 Å². The summed E-state index contributed by atoms with van der Waals surface area (Å²) in [5.41, 5.74) is 1.33. The molecule has 0 aliphatic heterocycles. The molecule has 0 aliphatic carbocycles. The molecule has 5 nitrogen and oxygen atoms in total. The molecule has 0 radical (unpaired) electrons. The minimum atomic E-state index is -0.0802. The van der Waals surface area contributed by atoms with Crippen LogP contribution in [0.25, 0.3) is 0 Å². The average molecular weight is 418 g/mol. The van der Waals surface area contributed by atoms with Crippen molar-refractivity contribution in [1.82, 2.24) is 0 Å². The van der Waals surface area contributed by atoms with E-state index in [9.17, 15) is 4.79 Å². The maximum absolute atomic E-state index is 13.1. The molecule has 3 rings (SSSR count). The smallest absolute Gasteiger partial charge is 1.00 e. The van der Waals surface area contributed by atoms with Crippen LogP contribution in [0.3, 0.4) is 0 Å². The molecule has 7 heteroatoms. The van der Waals surface area contributed by atoms with Gasteiger partial charge in [0.2, 0.25) is 0 Å². The Bertz CT molecular complexity index is 989. The predicted molar refractivity (Wildman–Crippen MR) is 117 cm³/mol. The van der Waals surface area contributed by atoms with Gasteiger partial charge in [-0.15, -0.1) is 0 Å². The molecule has 0 saturated carbocycles. The molecule has 30 heavy (non-hydrogen) atoms. The summed E-state index contributed by atoms with van der Waals surface area (Å²) in [5.74, 6) is 2.93. The summed E-state index contributed by atoms with van der Waals surface area (Å²) >= 11 is 0. The number of carbonyl (C=O) groups excluding carboxylic acids is 1. The van der Waals surface area contributed by atoms with Crippen molar-refractivity contribution < 1.29 is 44.0 Å². The molecule has 0 aliphatic rings. The van der Waals surface area contributed by atoms with Crippen molar-refractivity contribution in [2.75, 3.05) is 21.3 Å². The molecule has 152 valence electrons. The first-order valence-corrected chi connectivity index (χ1v) is 10.0. The molecule has 3 aromatic rings. The van der Waals surface area contributed by atoms with Crippen LogP contribution in [0.15, 0.2) is 60.7 Å². The quantitative estimate of drug-likeness (QED) is 0.414. The van der Waals surface area contributed by atoms with Gasteiger partial charge in [0.05, 0.1) is 21.3 Å². The largest absolute Gasteiger partial charge is 1.00 e. The Morgan fingerprint density at radius 3 is 1.97 bits per heavy atom. The van der Waals surface area contributed by atoms with Gasteiger partial charge in [-0.2, -0.15) is 0 Å². The zero-order valence-electron chi connectivity index (χ0n) is 18.8. The van der Waals surface area contributed by atoms with Crippen LogP contribution in [-0.4, -0.2) is 26.9 Å². The van der Waals surface area contributed by atoms with Gasteiger partial charge in [0.15, 0.2) is 5.52 Å². The van der Waals surface area contributed by atoms with E-state index < -0.39 is 0 Å². The number of methoxy groups -OCH3 is 3. The summed E-state index contributed by atoms with van der Waals surface area (Å²) < 4.78 is 21.9. The summed E-state index contributed by atoms with van der Waals surface area (Å²) in [6, 6.07) is 18.7. The van der Waals surface area contributed by atoms with Crippen LogP contribution in [0.4, 0.5) is 0 Å². The molecular weight excluding hydrogens is 394 g/mol. The van der Waals surface area contributed by atoms with Crippen LogP contribution in [0.2, 0.25) is 0 Å². The summed E-state index contributed by atoms with van der Waals surface area (Å²) in [6.07, 6.45) is 0. The molecule has 1 atom stereocenters. The van der Waals surface area contributed by atoms with E-state index >= 15 is 0 Å². The maximum Gasteiger partial charge on any atom is 1.00 e. The fraction of sp³-hybridized carbons (Fsp3) is 0.174. The van der Waals surface area contributed by atoms with Gasteiger partial charge in [-0.1, -0.05) is 24.3 Å². The van der Waals surface area contributed by atoms with Crippen molar-refractivity contribution in [2.45, 2.75) is 6.92 Å². The van der Waals surface area contributed by atoms with Crippen molar-refractivity contribution in [2.24, 2.45) is 0 Å². The molecule has 1 unspecified atom stereocenters. The van der Waals surface area contributed by atoms with E-state index in [2.05, 4.69) is 0 Å². The second-order valence-electron chi connectivity index (χ2n) is 6.25. The number of carbonyl (C=O) groups is 1. The zero-order valence-corrected chi connectivity index (χ0v) is 18.8. The van der Waals surface area contributed by atoms with Crippen LogP contribution in [0, 0.1) is 6.92 Å². The molecule has 0 spiro atoms. The van der Waals surface area contributed by atoms with Gasteiger partial charge in [-0.25, -0.2) is 0 Å². The van der Waals surface area contributed by atoms with Gasteiger partial charge in [-0.3, -0.25) is 4.79 Å². The van der Waals surface area contributed by atoms with Crippen LogP contribution in [-0.2, 0) is 0 Å². The normalized spacial score (nSPS) is 10.4. The minimum Gasteiger partial charge on any atom is -1.00 e. The number of rotatable bonds is 8. The van der Waals surface area contributed by atoms with E-state index in [1.807, 2.05) is 55.5 Å². The Labute approximate surface area is 192 Å². The number of benzene rings is 3.